The molecule has 0 aliphatic carbocycles. The quantitative estimate of drug-likeness (QED) is 0.00621. The summed E-state index contributed by atoms with van der Waals surface area (Å²) in [7, 11) is -9.25. The number of ether oxygens (including phenoxy) is 5. The lowest BCUT2D eigenvalue weighted by Crippen LogP contribution is -2.47. The van der Waals surface area contributed by atoms with Crippen molar-refractivity contribution in [3.8, 4) is 11.5 Å². The molecule has 0 bridgehead atoms. The molecule has 11 rings (SSSR count). The number of nitrogens with one attached hydrogen (secondary N) is 6. The summed E-state index contributed by atoms with van der Waals surface area (Å²) in [5, 5.41) is 30.4. The van der Waals surface area contributed by atoms with Crippen molar-refractivity contribution < 1.29 is 118 Å². The number of H-pyrrole nitrogens is 1. The third-order valence-electron chi connectivity index (χ3n) is 22.2. The van der Waals surface area contributed by atoms with Crippen LogP contribution in [0.1, 0.15) is 224 Å². The topological polar surface area (TPSA) is 516 Å². The van der Waals surface area contributed by atoms with E-state index in [-0.39, 0.29) is 158 Å². The van der Waals surface area contributed by atoms with Crippen molar-refractivity contribution in [2.24, 2.45) is 22.5 Å². The van der Waals surface area contributed by atoms with Crippen LogP contribution < -0.4 is 40.9 Å². The Hall–Kier alpha value is -10.5. The lowest BCUT2D eigenvalue weighted by Gasteiger charge is -2.37. The van der Waals surface area contributed by atoms with E-state index >= 15 is 0 Å². The Morgan fingerprint density at radius 2 is 0.792 bits per heavy atom. The van der Waals surface area contributed by atoms with Gasteiger partial charge in [-0.05, 0) is 182 Å². The summed E-state index contributed by atoms with van der Waals surface area (Å²) in [6.45, 7) is 21.1. The predicted molar refractivity (Wildman–Crippen MR) is 536 cm³/mol. The number of nitrogens with two attached hydrogens (primary N) is 1. The summed E-state index contributed by atoms with van der Waals surface area (Å²) in [5.74, 6) is -7.33. The number of hydrogen-bond acceptors (Lipinski definition) is 29. The first-order valence-electron chi connectivity index (χ1n) is 45.6. The van der Waals surface area contributed by atoms with Crippen molar-refractivity contribution >= 4 is 169 Å². The minimum absolute atomic E-state index is 0.0595. The van der Waals surface area contributed by atoms with E-state index in [4.69, 9.17) is 117 Å². The molecular weight excluding hydrogens is 2060 g/mol. The lowest BCUT2D eigenvalue weighted by atomic mass is 9.98. The molecule has 8 N–H and O–H groups in total. The fraction of sp³-hybridized carbons (Fsp3) is 0.453. The van der Waals surface area contributed by atoms with Gasteiger partial charge in [-0.25, -0.2) is 47.2 Å². The minimum atomic E-state index is -4.09. The van der Waals surface area contributed by atoms with Crippen molar-refractivity contribution in [2.75, 3.05) is 67.1 Å². The molecule has 3 aliphatic heterocycles. The van der Waals surface area contributed by atoms with Gasteiger partial charge in [0, 0.05) is 112 Å². The molecule has 5 aromatic carbocycles. The monoisotopic (exact) mass is 2170 g/mol. The molecular formula is C95H118Cl6N15O25P3. The van der Waals surface area contributed by atoms with Crippen LogP contribution in [0.2, 0.25) is 30.1 Å². The number of halogens is 6. The minimum Gasteiger partial charge on any atom is -0.468 e. The largest absolute Gasteiger partial charge is 0.468 e. The Kier molecular flexibility index (Phi) is 42.5. The third kappa shape index (κ3) is 33.0. The normalized spacial score (nSPS) is 15.9. The summed E-state index contributed by atoms with van der Waals surface area (Å²) >= 11 is 37.4. The van der Waals surface area contributed by atoms with Crippen molar-refractivity contribution in [3.63, 3.8) is 0 Å². The number of nitrogens with zero attached hydrogens (tertiary/aromatic N) is 8. The van der Waals surface area contributed by atoms with E-state index in [0.29, 0.717) is 55.6 Å². The second kappa shape index (κ2) is 52.2. The van der Waals surface area contributed by atoms with Gasteiger partial charge in [0.15, 0.2) is 28.7 Å². The molecule has 8 aromatic rings. The first kappa shape index (κ1) is 117. The van der Waals surface area contributed by atoms with Crippen molar-refractivity contribution in [2.45, 2.75) is 196 Å². The van der Waals surface area contributed by atoms with Gasteiger partial charge in [0.25, 0.3) is 23.6 Å². The van der Waals surface area contributed by atoms with Crippen LogP contribution in [0.5, 0.6) is 11.5 Å². The second-order valence-corrected chi connectivity index (χ2v) is 45.5. The number of aromatic amines is 1. The summed E-state index contributed by atoms with van der Waals surface area (Å²) in [4.78, 5) is 167. The van der Waals surface area contributed by atoms with Crippen LogP contribution in [0, 0.1) is 16.7 Å². The van der Waals surface area contributed by atoms with Gasteiger partial charge in [-0.2, -0.15) is 15.3 Å². The summed E-state index contributed by atoms with van der Waals surface area (Å²) in [6.07, 6.45) is 5.04. The van der Waals surface area contributed by atoms with Gasteiger partial charge in [-0.15, -0.1) is 0 Å². The number of rotatable bonds is 38. The number of benzene rings is 5. The summed E-state index contributed by atoms with van der Waals surface area (Å²) in [5.41, 5.74) is 4.22. The van der Waals surface area contributed by atoms with Crippen molar-refractivity contribution in [3.05, 3.63) is 214 Å². The van der Waals surface area contributed by atoms with Crippen LogP contribution >= 0.6 is 92.7 Å². The number of carbonyl (C=O) groups excluding carboxylic acids is 13. The van der Waals surface area contributed by atoms with Gasteiger partial charge in [0.1, 0.15) is 34.9 Å². The number of piperidine rings is 3. The molecule has 6 atom stereocenters. The lowest BCUT2D eigenvalue weighted by molar-refractivity contribution is -0.163. The molecule has 3 amide bonds. The van der Waals surface area contributed by atoms with Crippen LogP contribution in [-0.2, 0) is 89.7 Å². The molecule has 3 aliphatic rings. The number of hydrogen-bond donors (Lipinski definition) is 7. The van der Waals surface area contributed by atoms with Gasteiger partial charge < -0.3 is 54.4 Å². The van der Waals surface area contributed by atoms with E-state index in [9.17, 15) is 76.0 Å². The molecule has 3 aromatic heterocycles. The molecule has 2 unspecified atom stereocenters. The Morgan fingerprint density at radius 1 is 0.458 bits per heavy atom. The van der Waals surface area contributed by atoms with Gasteiger partial charge >= 0.3 is 52.9 Å². The molecule has 49 heteroatoms. The van der Waals surface area contributed by atoms with E-state index in [1.807, 2.05) is 0 Å². The van der Waals surface area contributed by atoms with Gasteiger partial charge in [-0.3, -0.25) is 76.5 Å². The fourth-order valence-corrected chi connectivity index (χ4v) is 22.1. The maximum Gasteiger partial charge on any atom is 0.414 e. The van der Waals surface area contributed by atoms with Gasteiger partial charge in [-0.1, -0.05) is 131 Å². The van der Waals surface area contributed by atoms with E-state index in [0.717, 1.165) is 9.36 Å². The Balaban J connectivity index is 0.000000242. The average Bonchev–Trinajstić information content (AvgIpc) is 1.75. The number of para-hydroxylation sites is 2. The zero-order valence-corrected chi connectivity index (χ0v) is 89.2. The zero-order valence-electron chi connectivity index (χ0n) is 81.9. The number of ketones is 3. The highest BCUT2D eigenvalue weighted by atomic mass is 35.5. The molecule has 40 nitrogen and oxygen atoms in total. The van der Waals surface area contributed by atoms with Crippen LogP contribution in [0.25, 0.3) is 0 Å². The molecule has 144 heavy (non-hydrogen) atoms. The number of aromatic nitrogens is 6. The van der Waals surface area contributed by atoms with Crippen molar-refractivity contribution in [1.29, 1.82) is 0 Å². The molecule has 0 spiro atoms. The van der Waals surface area contributed by atoms with Crippen LogP contribution in [0.15, 0.2) is 134 Å². The van der Waals surface area contributed by atoms with Crippen molar-refractivity contribution in [1.82, 2.24) is 69.9 Å². The van der Waals surface area contributed by atoms with Crippen LogP contribution in [-0.4, -0.2) is 229 Å². The number of esters is 5. The van der Waals surface area contributed by atoms with E-state index < -0.39 is 154 Å². The summed E-state index contributed by atoms with van der Waals surface area (Å²) in [6, 6.07) is 27.2. The van der Waals surface area contributed by atoms with E-state index in [1.165, 1.54) is 89.4 Å². The number of Topliss-reactive ketones (excluding diaryl/α,β-unsaturated/α-hetero) is 3. The van der Waals surface area contributed by atoms with Gasteiger partial charge in [0.2, 0.25) is 19.5 Å². The molecule has 3 saturated heterocycles. The standard InChI is InChI=1S/C36H44Cl2N5O9P.C30H35Cl2N6O7P.C29H39Cl2N4O9P/c1-22(19-30(45)51-36(3,4)5)34(47)43-21-24(20-29(44)31-27(37)13-10-14-28(31)38)32(40-43)33(46)39-25-15-17-42(18-16-25)53(49,41-23(2)35(48)50-6)52-26-11-8-7-9-12-26;1-18(33)29(41)38-17-20(16-25(39)26-23(31)10-7-11-24(26)32)27(35-38)28(40)34-21-12-14-37(15-13-21)46(43,36-19(2)30(42)44-3)45-22-8-5-4-6-9-22;1-28(2,3)26(38)41-16-43-45(40,44-17-42-27(39)29(4,5)6)35-12-10-19(11-13-35)33-25(37)24-18(15-32-34-24)14-22(36)23-20(30)8-7-9-21(23)31/h7-14,21-23,25H,15-20H2,1-6H3,(H,39,46)(H,41,49);4-11,17-19,21H,12-16,33H2,1-3H3,(H,34,40)(H,36,43);7-9,15,19H,10-14,16-17H2,1-6H3,(H,32,34)(H,33,37)/t22-,23+,53?;18-,19-,46?;/m10./s1. The van der Waals surface area contributed by atoms with E-state index in [1.54, 1.807) is 163 Å². The highest BCUT2D eigenvalue weighted by Crippen LogP contribution is 2.54. The Morgan fingerprint density at radius 3 is 1.12 bits per heavy atom. The van der Waals surface area contributed by atoms with E-state index in [2.05, 4.69) is 46.5 Å². The summed E-state index contributed by atoms with van der Waals surface area (Å²) < 4.78 is 96.7. The smallest absolute Gasteiger partial charge is 0.414 e. The maximum atomic E-state index is 14.3. The second-order valence-electron chi connectivity index (χ2n) is 36.9. The highest BCUT2D eigenvalue weighted by Gasteiger charge is 2.45. The number of carbonyl (C=O) groups is 13. The predicted octanol–water partition coefficient (Wildman–Crippen LogP) is 15.9. The molecule has 3 fully saturated rings. The molecule has 0 saturated carbocycles. The zero-order chi connectivity index (χ0) is 106. The van der Waals surface area contributed by atoms with Gasteiger partial charge in [0.05, 0.1) is 90.5 Å². The SMILES string of the molecule is CC(C)(C)C(=O)OCOP(=O)(OCOC(=O)C(C)(C)C)N1CCC(NC(=O)c2[nH]ncc2CC(=O)c2c(Cl)cccc2Cl)CC1.COC(=O)[C@H](C)NP(=O)(Oc1ccccc1)N1CCC(NC(=O)c2nn(C(=O)[C@H](C)CC(=O)OC(C)(C)C)cc2CC(=O)c2c(Cl)cccc2Cl)CC1.COC(=O)[C@H](C)NP(=O)(Oc1ccccc1)N1CCC(NC(=O)c2nn(C(=O)[C@H](C)N)cc2CC(=O)c2c(Cl)cccc2Cl)CC1. The van der Waals surface area contributed by atoms with Crippen LogP contribution in [0.4, 0.5) is 0 Å². The maximum absolute atomic E-state index is 14.3. The van der Waals surface area contributed by atoms with Crippen LogP contribution in [0.3, 0.4) is 0 Å². The number of amides is 3. The molecule has 780 valence electrons. The first-order valence-corrected chi connectivity index (χ1v) is 52.6. The molecule has 6 heterocycles. The average molecular weight is 2180 g/mol. The highest BCUT2D eigenvalue weighted by molar-refractivity contribution is 7.55. The Labute approximate surface area is 863 Å². The third-order valence-corrected chi connectivity index (χ3v) is 30.7. The number of methoxy groups -OCH3 is 2. The first-order chi connectivity index (χ1) is 67.6. The molecule has 0 radical (unpaired) electrons. The fourth-order valence-electron chi connectivity index (χ4n) is 14.6. The Bertz CT molecular complexity index is 6010.